The molecule has 1 amide bonds. The summed E-state index contributed by atoms with van der Waals surface area (Å²) in [6.07, 6.45) is 6.38. The number of amides is 1. The molecule has 0 spiro atoms. The standard InChI is InChI=1S/C29H30N4O2/c1-21-8-9-25(16-28(21)32-17-26-7-2-3-11-31-26)29(34)33-13-14-35-20-22(19-33)15-24-6-4-5-23-10-12-30-18-27(23)24/h2-12,16,18,22,32H,13-15,17,19-20H2,1H3. The van der Waals surface area contributed by atoms with E-state index in [4.69, 9.17) is 4.74 Å². The summed E-state index contributed by atoms with van der Waals surface area (Å²) in [7, 11) is 0. The Kier molecular flexibility index (Phi) is 7.00. The van der Waals surface area contributed by atoms with Crippen LogP contribution in [0.3, 0.4) is 0 Å². The van der Waals surface area contributed by atoms with E-state index in [2.05, 4.69) is 33.5 Å². The number of aryl methyl sites for hydroxylation is 1. The van der Waals surface area contributed by atoms with E-state index in [1.165, 1.54) is 16.3 Å². The fourth-order valence-corrected chi connectivity index (χ4v) is 4.67. The molecule has 1 saturated heterocycles. The van der Waals surface area contributed by atoms with Crippen molar-refractivity contribution in [1.29, 1.82) is 0 Å². The number of nitrogens with zero attached hydrogens (tertiary/aromatic N) is 3. The summed E-state index contributed by atoms with van der Waals surface area (Å²) in [5.74, 6) is 0.264. The van der Waals surface area contributed by atoms with Crippen LogP contribution < -0.4 is 5.32 Å². The third-order valence-corrected chi connectivity index (χ3v) is 6.58. The highest BCUT2D eigenvalue weighted by atomic mass is 16.5. The highest BCUT2D eigenvalue weighted by Crippen LogP contribution is 2.24. The fraction of sp³-hybridized carbons (Fsp3) is 0.276. The van der Waals surface area contributed by atoms with Crippen LogP contribution in [0.15, 0.2) is 79.3 Å². The number of aromatic nitrogens is 2. The summed E-state index contributed by atoms with van der Waals surface area (Å²) in [6, 6.07) is 20.1. The predicted octanol–water partition coefficient (Wildman–Crippen LogP) is 4.88. The molecular formula is C29H30N4O2. The van der Waals surface area contributed by atoms with Crippen LogP contribution in [-0.4, -0.2) is 47.1 Å². The van der Waals surface area contributed by atoms with E-state index in [9.17, 15) is 4.79 Å². The Labute approximate surface area is 206 Å². The van der Waals surface area contributed by atoms with Gasteiger partial charge in [-0.15, -0.1) is 0 Å². The lowest BCUT2D eigenvalue weighted by molar-refractivity contribution is 0.0737. The summed E-state index contributed by atoms with van der Waals surface area (Å²) in [6.45, 7) is 5.11. The molecule has 178 valence electrons. The average Bonchev–Trinajstić information content (AvgIpc) is 3.14. The van der Waals surface area contributed by atoms with E-state index < -0.39 is 0 Å². The van der Waals surface area contributed by atoms with Crippen LogP contribution in [0.4, 0.5) is 5.69 Å². The molecule has 5 rings (SSSR count). The van der Waals surface area contributed by atoms with E-state index in [0.717, 1.165) is 23.4 Å². The summed E-state index contributed by atoms with van der Waals surface area (Å²) in [5, 5.41) is 5.79. The first-order valence-corrected chi connectivity index (χ1v) is 12.1. The lowest BCUT2D eigenvalue weighted by atomic mass is 9.95. The van der Waals surface area contributed by atoms with Crippen molar-refractivity contribution in [2.75, 3.05) is 31.6 Å². The summed E-state index contributed by atoms with van der Waals surface area (Å²) in [4.78, 5) is 24.1. The third-order valence-electron chi connectivity index (χ3n) is 6.58. The summed E-state index contributed by atoms with van der Waals surface area (Å²) < 4.78 is 5.91. The van der Waals surface area contributed by atoms with Gasteiger partial charge < -0.3 is 15.0 Å². The maximum Gasteiger partial charge on any atom is 0.254 e. The van der Waals surface area contributed by atoms with Gasteiger partial charge in [0, 0.05) is 54.2 Å². The van der Waals surface area contributed by atoms with Gasteiger partial charge in [-0.05, 0) is 60.2 Å². The normalized spacial score (nSPS) is 16.1. The molecule has 1 atom stereocenters. The Morgan fingerprint density at radius 3 is 2.94 bits per heavy atom. The number of hydrogen-bond donors (Lipinski definition) is 1. The molecule has 2 aromatic carbocycles. The number of pyridine rings is 2. The molecule has 4 aromatic rings. The lowest BCUT2D eigenvalue weighted by Crippen LogP contribution is -2.36. The maximum atomic E-state index is 13.5. The monoisotopic (exact) mass is 466 g/mol. The zero-order chi connectivity index (χ0) is 24.0. The molecule has 35 heavy (non-hydrogen) atoms. The second kappa shape index (κ2) is 10.7. The first kappa shape index (κ1) is 23.0. The maximum absolute atomic E-state index is 13.5. The highest BCUT2D eigenvalue weighted by molar-refractivity contribution is 5.95. The first-order chi connectivity index (χ1) is 17.2. The zero-order valence-corrected chi connectivity index (χ0v) is 20.0. The molecule has 6 heteroatoms. The first-order valence-electron chi connectivity index (χ1n) is 12.1. The number of benzene rings is 2. The Bertz CT molecular complexity index is 1300. The van der Waals surface area contributed by atoms with Gasteiger partial charge >= 0.3 is 0 Å². The molecule has 0 aliphatic carbocycles. The number of ether oxygens (including phenoxy) is 1. The van der Waals surface area contributed by atoms with Crippen LogP contribution in [0.25, 0.3) is 10.8 Å². The molecule has 1 unspecified atom stereocenters. The SMILES string of the molecule is Cc1ccc(C(=O)N2CCOCC(Cc3cccc4ccncc34)C2)cc1NCc1ccccn1. The Morgan fingerprint density at radius 1 is 1.11 bits per heavy atom. The number of carbonyl (C=O) groups excluding carboxylic acids is 1. The van der Waals surface area contributed by atoms with Crippen LogP contribution in [0.5, 0.6) is 0 Å². The average molecular weight is 467 g/mol. The second-order valence-electron chi connectivity index (χ2n) is 9.11. The van der Waals surface area contributed by atoms with Crippen molar-refractivity contribution in [3.05, 3.63) is 102 Å². The van der Waals surface area contributed by atoms with Gasteiger partial charge in [0.2, 0.25) is 0 Å². The molecular weight excluding hydrogens is 436 g/mol. The van der Waals surface area contributed by atoms with Gasteiger partial charge in [0.05, 0.1) is 25.5 Å². The molecule has 1 aliphatic rings. The minimum atomic E-state index is 0.0426. The Balaban J connectivity index is 1.30. The van der Waals surface area contributed by atoms with E-state index >= 15 is 0 Å². The molecule has 3 heterocycles. The van der Waals surface area contributed by atoms with E-state index in [1.807, 2.05) is 66.7 Å². The van der Waals surface area contributed by atoms with Gasteiger partial charge in [0.1, 0.15) is 0 Å². The number of anilines is 1. The highest BCUT2D eigenvalue weighted by Gasteiger charge is 2.24. The predicted molar refractivity (Wildman–Crippen MR) is 138 cm³/mol. The quantitative estimate of drug-likeness (QED) is 0.439. The molecule has 0 radical (unpaired) electrons. The lowest BCUT2D eigenvalue weighted by Gasteiger charge is -2.24. The zero-order valence-electron chi connectivity index (χ0n) is 20.0. The molecule has 0 saturated carbocycles. The van der Waals surface area contributed by atoms with Crippen molar-refractivity contribution < 1.29 is 9.53 Å². The number of rotatable bonds is 6. The smallest absolute Gasteiger partial charge is 0.254 e. The molecule has 1 aliphatic heterocycles. The van der Waals surface area contributed by atoms with Crippen molar-refractivity contribution in [3.63, 3.8) is 0 Å². The molecule has 1 N–H and O–H groups in total. The van der Waals surface area contributed by atoms with E-state index in [0.29, 0.717) is 38.4 Å². The minimum absolute atomic E-state index is 0.0426. The van der Waals surface area contributed by atoms with Crippen LogP contribution >= 0.6 is 0 Å². The van der Waals surface area contributed by atoms with Crippen molar-refractivity contribution in [1.82, 2.24) is 14.9 Å². The van der Waals surface area contributed by atoms with Crippen LogP contribution in [-0.2, 0) is 17.7 Å². The van der Waals surface area contributed by atoms with Crippen molar-refractivity contribution in [2.24, 2.45) is 5.92 Å². The van der Waals surface area contributed by atoms with Crippen molar-refractivity contribution in [2.45, 2.75) is 19.9 Å². The largest absolute Gasteiger partial charge is 0.379 e. The number of carbonyl (C=O) groups is 1. The van der Waals surface area contributed by atoms with E-state index in [1.54, 1.807) is 6.20 Å². The van der Waals surface area contributed by atoms with E-state index in [-0.39, 0.29) is 11.8 Å². The van der Waals surface area contributed by atoms with Gasteiger partial charge in [-0.25, -0.2) is 0 Å². The van der Waals surface area contributed by atoms with Crippen LogP contribution in [0.2, 0.25) is 0 Å². The van der Waals surface area contributed by atoms with Gasteiger partial charge in [0.25, 0.3) is 5.91 Å². The topological polar surface area (TPSA) is 67.4 Å². The van der Waals surface area contributed by atoms with Gasteiger partial charge in [-0.2, -0.15) is 0 Å². The summed E-state index contributed by atoms with van der Waals surface area (Å²) in [5.41, 5.74) is 4.94. The Hall–Kier alpha value is -3.77. The van der Waals surface area contributed by atoms with Gasteiger partial charge in [-0.1, -0.05) is 30.3 Å². The molecule has 0 bridgehead atoms. The summed E-state index contributed by atoms with van der Waals surface area (Å²) >= 11 is 0. The molecule has 6 nitrogen and oxygen atoms in total. The minimum Gasteiger partial charge on any atom is -0.379 e. The molecule has 1 fully saturated rings. The van der Waals surface area contributed by atoms with Crippen LogP contribution in [0, 0.1) is 12.8 Å². The van der Waals surface area contributed by atoms with Crippen molar-refractivity contribution in [3.8, 4) is 0 Å². The third kappa shape index (κ3) is 5.49. The fourth-order valence-electron chi connectivity index (χ4n) is 4.67. The van der Waals surface area contributed by atoms with Gasteiger partial charge in [0.15, 0.2) is 0 Å². The second-order valence-corrected chi connectivity index (χ2v) is 9.11. The van der Waals surface area contributed by atoms with Crippen molar-refractivity contribution >= 4 is 22.4 Å². The molecule has 2 aromatic heterocycles. The number of hydrogen-bond acceptors (Lipinski definition) is 5. The Morgan fingerprint density at radius 2 is 2.06 bits per heavy atom. The van der Waals surface area contributed by atoms with Gasteiger partial charge in [-0.3, -0.25) is 14.8 Å². The van der Waals surface area contributed by atoms with Crippen LogP contribution in [0.1, 0.15) is 27.2 Å². The number of nitrogens with one attached hydrogen (secondary N) is 1. The number of fused-ring (bicyclic) bond motifs is 1.